The summed E-state index contributed by atoms with van der Waals surface area (Å²) < 4.78 is 11.2. The Bertz CT molecular complexity index is 2100. The molecule has 3 amide bonds. The number of fused-ring (bicyclic) bond motifs is 9. The second kappa shape index (κ2) is 12.9. The Hall–Kier alpha value is -4.10. The van der Waals surface area contributed by atoms with Crippen LogP contribution in [0.25, 0.3) is 0 Å². The van der Waals surface area contributed by atoms with Gasteiger partial charge in [-0.2, -0.15) is 0 Å². The minimum absolute atomic E-state index is 0.0630. The van der Waals surface area contributed by atoms with Crippen molar-refractivity contribution in [2.24, 2.45) is 29.6 Å². The standard InChI is InChI=1S/C36H29Cl2N3O7S2/c1-2-47-35(45)16-3-10-20(11-4-16)41-33(43)28-22-14-23(29(28)34(41)44)30-27(22)26(31-32(49-30)40-36(46)50-31)21-13-18(38)7-12-24(21)48-15-25(42)39-19-8-5-17(37)6-9-19/h3-13,22-23,26-30H,2,14-15H2,1H3,(H,39,42)(H,40,46)/t22?,23?,26-,27?,28?,29?,30?/m1/s1. The average molecular weight is 751 g/mol. The largest absolute Gasteiger partial charge is 0.483 e. The van der Waals surface area contributed by atoms with E-state index in [4.69, 9.17) is 32.7 Å². The lowest BCUT2D eigenvalue weighted by Crippen LogP contribution is -2.42. The van der Waals surface area contributed by atoms with Crippen molar-refractivity contribution in [3.63, 3.8) is 0 Å². The minimum atomic E-state index is -0.535. The van der Waals surface area contributed by atoms with E-state index >= 15 is 0 Å². The molecular weight excluding hydrogens is 721 g/mol. The quantitative estimate of drug-likeness (QED) is 0.152. The summed E-state index contributed by atoms with van der Waals surface area (Å²) >= 11 is 15.3. The van der Waals surface area contributed by atoms with Crippen LogP contribution in [0.2, 0.25) is 10.0 Å². The molecule has 4 aliphatic rings. The van der Waals surface area contributed by atoms with Crippen molar-refractivity contribution in [1.82, 2.24) is 4.98 Å². The Balaban J connectivity index is 1.11. The molecule has 50 heavy (non-hydrogen) atoms. The number of hydrogen-bond donors (Lipinski definition) is 2. The first-order valence-corrected chi connectivity index (χ1v) is 18.6. The van der Waals surface area contributed by atoms with E-state index in [-0.39, 0.29) is 64.7 Å². The van der Waals surface area contributed by atoms with Gasteiger partial charge in [0.1, 0.15) is 5.75 Å². The molecule has 10 nitrogen and oxygen atoms in total. The van der Waals surface area contributed by atoms with Crippen molar-refractivity contribution in [3.05, 3.63) is 102 Å². The molecule has 2 saturated carbocycles. The first kappa shape index (κ1) is 33.1. The molecule has 1 saturated heterocycles. The third-order valence-corrected chi connectivity index (χ3v) is 13.2. The van der Waals surface area contributed by atoms with Gasteiger partial charge < -0.3 is 19.8 Å². The highest BCUT2D eigenvalue weighted by Crippen LogP contribution is 2.69. The van der Waals surface area contributed by atoms with E-state index in [1.165, 1.54) is 4.90 Å². The number of halogens is 2. The lowest BCUT2D eigenvalue weighted by atomic mass is 9.68. The molecule has 256 valence electrons. The number of aromatic amines is 1. The smallest absolute Gasteiger partial charge is 0.338 e. The zero-order valence-electron chi connectivity index (χ0n) is 26.4. The summed E-state index contributed by atoms with van der Waals surface area (Å²) in [6.45, 7) is 1.68. The summed E-state index contributed by atoms with van der Waals surface area (Å²) in [6, 6.07) is 18.3. The number of aromatic nitrogens is 1. The molecule has 8 rings (SSSR count). The van der Waals surface area contributed by atoms with Gasteiger partial charge in [0.05, 0.1) is 34.7 Å². The lowest BCUT2D eigenvalue weighted by Gasteiger charge is -2.43. The second-order valence-corrected chi connectivity index (χ2v) is 15.8. The number of rotatable bonds is 8. The predicted octanol–water partition coefficient (Wildman–Crippen LogP) is 6.62. The third kappa shape index (κ3) is 5.53. The number of imide groups is 1. The molecular formula is C36H29Cl2N3O7S2. The van der Waals surface area contributed by atoms with Crippen LogP contribution in [0, 0.1) is 29.6 Å². The van der Waals surface area contributed by atoms with Crippen LogP contribution in [0.5, 0.6) is 5.75 Å². The normalized spacial score (nSPS) is 26.0. The Morgan fingerprint density at radius 3 is 2.36 bits per heavy atom. The summed E-state index contributed by atoms with van der Waals surface area (Å²) in [7, 11) is 0. The van der Waals surface area contributed by atoms with Gasteiger partial charge in [-0.25, -0.2) is 4.79 Å². The number of thioether (sulfide) groups is 1. The molecule has 6 unspecified atom stereocenters. The zero-order valence-corrected chi connectivity index (χ0v) is 29.5. The first-order chi connectivity index (χ1) is 24.1. The Morgan fingerprint density at radius 2 is 1.64 bits per heavy atom. The summed E-state index contributed by atoms with van der Waals surface area (Å²) in [4.78, 5) is 71.0. The van der Waals surface area contributed by atoms with Gasteiger partial charge in [0, 0.05) is 37.3 Å². The van der Waals surface area contributed by atoms with Crippen molar-refractivity contribution < 1.29 is 28.7 Å². The molecule has 2 N–H and O–H groups in total. The molecule has 14 heteroatoms. The first-order valence-electron chi connectivity index (χ1n) is 16.1. The molecule has 4 aromatic rings. The molecule has 2 aliphatic heterocycles. The number of carbonyl (C=O) groups is 4. The van der Waals surface area contributed by atoms with E-state index < -0.39 is 17.8 Å². The van der Waals surface area contributed by atoms with E-state index in [9.17, 15) is 24.0 Å². The second-order valence-electron chi connectivity index (χ2n) is 12.8. The molecule has 1 aromatic heterocycles. The highest BCUT2D eigenvalue weighted by Gasteiger charge is 2.70. The molecule has 0 spiro atoms. The minimum Gasteiger partial charge on any atom is -0.483 e. The highest BCUT2D eigenvalue weighted by atomic mass is 35.5. The number of H-pyrrole nitrogens is 1. The SMILES string of the molecule is CCOC(=O)c1ccc(N2C(=O)C3C4CC(C3C2=O)C2C4Sc3[nH]c(=O)sc3[C@@H]2c2cc(Cl)ccc2OCC(=O)Nc2ccc(Cl)cc2)cc1. The average Bonchev–Trinajstić information content (AvgIpc) is 3.84. The number of carbonyl (C=O) groups excluding carboxylic acids is 4. The summed E-state index contributed by atoms with van der Waals surface area (Å²) in [5.74, 6) is -2.67. The summed E-state index contributed by atoms with van der Waals surface area (Å²) in [5.41, 5.74) is 2.04. The fourth-order valence-corrected chi connectivity index (χ4v) is 11.5. The van der Waals surface area contributed by atoms with Gasteiger partial charge in [-0.15, -0.1) is 11.8 Å². The monoisotopic (exact) mass is 749 g/mol. The van der Waals surface area contributed by atoms with Gasteiger partial charge in [0.25, 0.3) is 5.91 Å². The highest BCUT2D eigenvalue weighted by molar-refractivity contribution is 8.00. The third-order valence-electron chi connectivity index (χ3n) is 10.2. The number of anilines is 2. The molecule has 2 aliphatic carbocycles. The van der Waals surface area contributed by atoms with E-state index in [2.05, 4.69) is 10.3 Å². The number of ether oxygens (including phenoxy) is 2. The van der Waals surface area contributed by atoms with Gasteiger partial charge >= 0.3 is 10.8 Å². The zero-order chi connectivity index (χ0) is 34.8. The number of nitrogens with zero attached hydrogens (tertiary/aromatic N) is 1. The fraction of sp³-hybridized carbons (Fsp3) is 0.306. The van der Waals surface area contributed by atoms with Crippen LogP contribution >= 0.6 is 46.3 Å². The molecule has 7 atom stereocenters. The van der Waals surface area contributed by atoms with Gasteiger partial charge in [-0.3, -0.25) is 24.1 Å². The Labute approximate surface area is 304 Å². The van der Waals surface area contributed by atoms with Crippen LogP contribution in [-0.4, -0.2) is 47.1 Å². The van der Waals surface area contributed by atoms with Crippen molar-refractivity contribution >= 4 is 81.4 Å². The van der Waals surface area contributed by atoms with Crippen LogP contribution in [0.4, 0.5) is 11.4 Å². The fourth-order valence-electron chi connectivity index (χ4n) is 8.35. The van der Waals surface area contributed by atoms with Crippen molar-refractivity contribution in [2.75, 3.05) is 23.4 Å². The van der Waals surface area contributed by atoms with Gasteiger partial charge in [0.2, 0.25) is 11.8 Å². The van der Waals surface area contributed by atoms with Gasteiger partial charge in [-0.1, -0.05) is 34.5 Å². The Morgan fingerprint density at radius 1 is 0.940 bits per heavy atom. The maximum absolute atomic E-state index is 14.2. The number of nitrogens with one attached hydrogen (secondary N) is 2. The summed E-state index contributed by atoms with van der Waals surface area (Å²) in [5, 5.41) is 4.49. The van der Waals surface area contributed by atoms with Crippen molar-refractivity contribution in [1.29, 1.82) is 0 Å². The topological polar surface area (TPSA) is 135 Å². The van der Waals surface area contributed by atoms with Crippen molar-refractivity contribution in [3.8, 4) is 5.75 Å². The predicted molar refractivity (Wildman–Crippen MR) is 190 cm³/mol. The number of hydrogen-bond acceptors (Lipinski definition) is 9. The molecule has 3 fully saturated rings. The van der Waals surface area contributed by atoms with E-state index in [0.717, 1.165) is 26.8 Å². The van der Waals surface area contributed by atoms with Crippen molar-refractivity contribution in [2.45, 2.75) is 29.5 Å². The van der Waals surface area contributed by atoms with E-state index in [0.29, 0.717) is 39.2 Å². The number of amides is 3. The van der Waals surface area contributed by atoms with Crippen LogP contribution in [0.1, 0.15) is 40.1 Å². The Kier molecular flexibility index (Phi) is 8.53. The van der Waals surface area contributed by atoms with E-state index in [1.807, 2.05) is 6.07 Å². The number of thiazole rings is 1. The van der Waals surface area contributed by atoms with Crippen LogP contribution in [0.3, 0.4) is 0 Å². The van der Waals surface area contributed by atoms with Gasteiger partial charge in [0.15, 0.2) is 6.61 Å². The molecule has 2 bridgehead atoms. The van der Waals surface area contributed by atoms with Gasteiger partial charge in [-0.05, 0) is 97.8 Å². The van der Waals surface area contributed by atoms with Crippen LogP contribution in [-0.2, 0) is 19.1 Å². The summed E-state index contributed by atoms with van der Waals surface area (Å²) in [6.07, 6.45) is 0.695. The van der Waals surface area contributed by atoms with E-state index in [1.54, 1.807) is 79.3 Å². The lowest BCUT2D eigenvalue weighted by molar-refractivity contribution is -0.123. The molecule has 3 aromatic carbocycles. The number of esters is 1. The van der Waals surface area contributed by atoms with Crippen LogP contribution < -0.4 is 19.8 Å². The molecule has 0 radical (unpaired) electrons. The van der Waals surface area contributed by atoms with Crippen LogP contribution in [0.15, 0.2) is 76.6 Å². The molecule has 3 heterocycles. The maximum atomic E-state index is 14.2. The maximum Gasteiger partial charge on any atom is 0.338 e. The number of benzene rings is 3.